The van der Waals surface area contributed by atoms with Gasteiger partial charge in [-0.2, -0.15) is 0 Å². The number of ether oxygens (including phenoxy) is 12. The third kappa shape index (κ3) is 23.0. The van der Waals surface area contributed by atoms with Gasteiger partial charge in [0.15, 0.2) is 45.6 Å². The van der Waals surface area contributed by atoms with Crippen LogP contribution in [0.25, 0.3) is 0 Å². The summed E-state index contributed by atoms with van der Waals surface area (Å²) in [6.45, 7) is 11.5. The standard InChI is InChI=1S/C112H132N12O24/c1-9-17-21-25-29-33-37-41-45-49-65-69-53-71-66(50-46-42-38-34-30-26-22-18-10-2)73-55-75-68(52-48-44-40-36-32-28-24-20-12-4)76-56-74-67(51-47-43-39-35-31-27-23-19-11-3)72-54-70(65)78-58-80(72)144-100-102(118-94-92(116-100)108(132)123(110(94)134)63-87(127)139-15-7)146-82(74)60-84(76)148-104-103(119-95-96(120-104)112(136)124(111(95)135)64-88(128)140-16-8)147-83(75)59-81(73)145-101-99(115-91-93(117-101)109(133)122(107(91)131)62-86(126)138-14-6)143-79(71)57-77(69)141-97-98(142-78)114-90-89(113-97)105(129)121(106(90)130)61-85(125)137-13-5/h53-60,65-68H,9-52,61-64H2,1-8H3. The fourth-order valence-corrected chi connectivity index (χ4v) is 21.3. The second-order valence-electron chi connectivity index (χ2n) is 39.3. The van der Waals surface area contributed by atoms with E-state index < -0.39 is 214 Å². The molecule has 9 aliphatic rings. The lowest BCUT2D eigenvalue weighted by Crippen LogP contribution is -2.35. The smallest absolute Gasteiger partial charge is 0.326 e. The molecule has 0 saturated heterocycles. The van der Waals surface area contributed by atoms with Crippen LogP contribution in [-0.4, -0.2) is 183 Å². The van der Waals surface area contributed by atoms with E-state index >= 15 is 38.4 Å². The van der Waals surface area contributed by atoms with Crippen molar-refractivity contribution in [3.63, 3.8) is 0 Å². The van der Waals surface area contributed by atoms with Crippen LogP contribution in [0.2, 0.25) is 0 Å². The van der Waals surface area contributed by atoms with E-state index in [-0.39, 0.29) is 72.4 Å². The normalized spacial score (nSPS) is 16.4. The molecule has 8 bridgehead atoms. The Morgan fingerprint density at radius 3 is 0.480 bits per heavy atom. The summed E-state index contributed by atoms with van der Waals surface area (Å²) >= 11 is 0. The molecule has 0 fully saturated rings. The Kier molecular flexibility index (Phi) is 34.7. The molecule has 12 heterocycles. The first-order valence-corrected chi connectivity index (χ1v) is 54.0. The first kappa shape index (κ1) is 105. The highest BCUT2D eigenvalue weighted by Gasteiger charge is 2.50. The first-order valence-electron chi connectivity index (χ1n) is 54.0. The molecule has 36 nitrogen and oxygen atoms in total. The maximum absolute atomic E-state index is 15.1. The molecule has 8 amide bonds. The number of hydrogen-bond acceptors (Lipinski definition) is 32. The Morgan fingerprint density at radius 2 is 0.345 bits per heavy atom. The van der Waals surface area contributed by atoms with Crippen molar-refractivity contribution in [2.24, 2.45) is 0 Å². The van der Waals surface area contributed by atoms with Gasteiger partial charge in [0.25, 0.3) is 94.3 Å². The van der Waals surface area contributed by atoms with Crippen LogP contribution in [0, 0.1) is 0 Å². The number of hydrogen-bond donors (Lipinski definition) is 0. The van der Waals surface area contributed by atoms with Crippen LogP contribution in [0.15, 0.2) is 48.5 Å². The maximum atomic E-state index is 15.1. The second-order valence-corrected chi connectivity index (χ2v) is 39.3. The maximum Gasteiger partial charge on any atom is 0.326 e. The van der Waals surface area contributed by atoms with Crippen LogP contribution in [0.3, 0.4) is 0 Å². The van der Waals surface area contributed by atoms with Crippen LogP contribution >= 0.6 is 0 Å². The molecule has 8 aliphatic heterocycles. The number of benzene rings is 4. The summed E-state index contributed by atoms with van der Waals surface area (Å²) in [6.07, 6.45) is 35.6. The zero-order valence-corrected chi connectivity index (χ0v) is 86.0. The Labute approximate surface area is 860 Å². The molecular weight excluding hydrogens is 1900 g/mol. The van der Waals surface area contributed by atoms with Gasteiger partial charge < -0.3 is 56.8 Å². The molecule has 0 saturated carbocycles. The van der Waals surface area contributed by atoms with Gasteiger partial charge in [0.2, 0.25) is 0 Å². The van der Waals surface area contributed by atoms with Gasteiger partial charge in [0.1, 0.15) is 72.2 Å². The molecule has 0 unspecified atom stereocenters. The monoisotopic (exact) mass is 2030 g/mol. The van der Waals surface area contributed by atoms with Crippen LogP contribution in [-0.2, 0) is 38.1 Å². The fraction of sp³-hybridized carbons (Fsp3) is 0.536. The molecule has 4 aromatic carbocycles. The van der Waals surface area contributed by atoms with Crippen LogP contribution in [0.4, 0.5) is 0 Å². The topological polar surface area (TPSA) is 432 Å². The summed E-state index contributed by atoms with van der Waals surface area (Å²) in [5, 5.41) is 0. The molecule has 148 heavy (non-hydrogen) atoms. The SMILES string of the molecule is CCCCCCCCCCCC1c2cc3c4cc2Oc2nc5c(nc2Oc2cc6c(cc21)C(CCCCCCCCCCC)c1cc2c(cc1Oc1nc7c(nc1O6)C(=O)N(CC(=O)OCC)C7=O)Oc1nc6c(nc1Oc1cc(c(cc1C2CCCCCCCCCCC)C3CCCCCCCCCCC)Oc1nc2c(nc1O4)C(=O)N(CC(=O)OCC)C2=O)C(=O)N(CC(=O)OCC)C6=O)C(=O)N(CC(=O)OCC)C5=O. The second kappa shape index (κ2) is 48.8. The highest BCUT2D eigenvalue weighted by atomic mass is 16.6. The Hall–Kier alpha value is -14.0. The number of aromatic nitrogens is 8. The number of nitrogens with zero attached hydrogens (tertiary/aromatic N) is 12. The number of carbonyl (C=O) groups is 12. The number of amides is 8. The van der Waals surface area contributed by atoms with E-state index in [1.807, 2.05) is 24.3 Å². The number of rotatable bonds is 52. The van der Waals surface area contributed by atoms with Crippen molar-refractivity contribution in [2.75, 3.05) is 52.6 Å². The van der Waals surface area contributed by atoms with Gasteiger partial charge in [-0.15, -0.1) is 0 Å². The van der Waals surface area contributed by atoms with Crippen molar-refractivity contribution in [1.82, 2.24) is 59.5 Å². The van der Waals surface area contributed by atoms with Gasteiger partial charge in [-0.1, -0.05) is 259 Å². The zero-order valence-electron chi connectivity index (χ0n) is 86.0. The summed E-state index contributed by atoms with van der Waals surface area (Å²) in [5.74, 6) is -18.5. The number of carbonyl (C=O) groups excluding carboxylic acids is 12. The Balaban J connectivity index is 1.000. The molecule has 0 spiro atoms. The molecule has 0 N–H and O–H groups in total. The van der Waals surface area contributed by atoms with Crippen LogP contribution in [0.5, 0.6) is 93.0 Å². The average molecular weight is 2030 g/mol. The molecule has 1 aliphatic carbocycles. The summed E-state index contributed by atoms with van der Waals surface area (Å²) in [4.78, 5) is 217. The van der Waals surface area contributed by atoms with Crippen LogP contribution < -0.4 is 37.9 Å². The van der Waals surface area contributed by atoms with Gasteiger partial charge in [0.05, 0.1) is 26.4 Å². The van der Waals surface area contributed by atoms with E-state index in [4.69, 9.17) is 96.7 Å². The average Bonchev–Trinajstić information content (AvgIpc) is 1.37. The minimum absolute atomic E-state index is 0.0353. The van der Waals surface area contributed by atoms with Crippen molar-refractivity contribution in [3.05, 3.63) is 139 Å². The molecule has 36 heteroatoms. The molecule has 0 radical (unpaired) electrons. The van der Waals surface area contributed by atoms with E-state index in [0.29, 0.717) is 115 Å². The molecule has 8 aromatic rings. The minimum atomic E-state index is -1.01. The van der Waals surface area contributed by atoms with E-state index in [2.05, 4.69) is 27.7 Å². The first-order chi connectivity index (χ1) is 72.0. The van der Waals surface area contributed by atoms with Gasteiger partial charge in [-0.3, -0.25) is 77.1 Å². The number of imide groups is 4. The summed E-state index contributed by atoms with van der Waals surface area (Å²) < 4.78 is 80.8. The van der Waals surface area contributed by atoms with E-state index in [1.54, 1.807) is 52.0 Å². The van der Waals surface area contributed by atoms with Gasteiger partial charge in [-0.25, -0.2) is 39.9 Å². The molecule has 784 valence electrons. The van der Waals surface area contributed by atoms with Crippen molar-refractivity contribution in [1.29, 1.82) is 0 Å². The highest BCUT2D eigenvalue weighted by molar-refractivity contribution is 6.23. The quantitative estimate of drug-likeness (QED) is 0.0148. The number of fused-ring (bicyclic) bond motifs is 8. The lowest BCUT2D eigenvalue weighted by molar-refractivity contribution is -0.144. The Bertz CT molecular complexity index is 5390. The van der Waals surface area contributed by atoms with Gasteiger partial charge in [0, 0.05) is 92.4 Å². The zero-order chi connectivity index (χ0) is 104. The molecular formula is C112H132N12O24. The lowest BCUT2D eigenvalue weighted by Gasteiger charge is -2.30. The van der Waals surface area contributed by atoms with Crippen molar-refractivity contribution >= 4 is 71.1 Å². The summed E-state index contributed by atoms with van der Waals surface area (Å²) in [7, 11) is 0. The van der Waals surface area contributed by atoms with Crippen LogP contribution in [0.1, 0.15) is 464 Å². The summed E-state index contributed by atoms with van der Waals surface area (Å²) in [5.41, 5.74) is -0.0846. The van der Waals surface area contributed by atoms with Crippen molar-refractivity contribution in [3.8, 4) is 93.0 Å². The van der Waals surface area contributed by atoms with Crippen molar-refractivity contribution < 1.29 is 114 Å². The van der Waals surface area contributed by atoms with E-state index in [1.165, 1.54) is 0 Å². The lowest BCUT2D eigenvalue weighted by atomic mass is 9.76. The Morgan fingerprint density at radius 1 is 0.209 bits per heavy atom. The van der Waals surface area contributed by atoms with Gasteiger partial charge in [-0.05, 0) is 77.6 Å². The largest absolute Gasteiger partial charge is 0.465 e. The third-order valence-electron chi connectivity index (χ3n) is 28.9. The van der Waals surface area contributed by atoms with Gasteiger partial charge >= 0.3 is 23.9 Å². The minimum Gasteiger partial charge on any atom is -0.465 e. The predicted molar refractivity (Wildman–Crippen MR) is 537 cm³/mol. The number of unbranched alkanes of at least 4 members (excludes halogenated alkanes) is 32. The van der Waals surface area contributed by atoms with E-state index in [0.717, 1.165) is 205 Å². The molecule has 4 aromatic heterocycles. The predicted octanol–water partition coefficient (Wildman–Crippen LogP) is 23.6. The molecule has 17 rings (SSSR count). The molecule has 0 atom stereocenters. The third-order valence-corrected chi connectivity index (χ3v) is 28.9. The number of esters is 4. The van der Waals surface area contributed by atoms with E-state index in [9.17, 15) is 19.2 Å². The van der Waals surface area contributed by atoms with Crippen molar-refractivity contribution in [2.45, 2.75) is 336 Å². The summed E-state index contributed by atoms with van der Waals surface area (Å²) in [6, 6.07) is 14.7. The highest BCUT2D eigenvalue weighted by Crippen LogP contribution is 2.60. The fourth-order valence-electron chi connectivity index (χ4n) is 21.3.